The number of pyridine rings is 1. The van der Waals surface area contributed by atoms with Crippen LogP contribution in [0, 0.1) is 0 Å². The fourth-order valence-corrected chi connectivity index (χ4v) is 5.03. The third kappa shape index (κ3) is 4.91. The van der Waals surface area contributed by atoms with Gasteiger partial charge in [-0.3, -0.25) is 14.3 Å². The Morgan fingerprint density at radius 3 is 2.56 bits per heavy atom. The van der Waals surface area contributed by atoms with Gasteiger partial charge in [-0.15, -0.1) is 0 Å². The SMILES string of the molecule is CC(=O)N(C)[C@H]1CC[C@H](Oc2cc(=O)n(C)cc2-c2ccc3cnn(Cc4ccccc4)c3c2)CC1. The van der Waals surface area contributed by atoms with E-state index in [0.717, 1.165) is 47.7 Å². The molecule has 36 heavy (non-hydrogen) atoms. The molecule has 2 heterocycles. The number of rotatable bonds is 6. The van der Waals surface area contributed by atoms with Crippen molar-refractivity contribution in [3.63, 3.8) is 0 Å². The molecule has 1 saturated carbocycles. The van der Waals surface area contributed by atoms with Crippen molar-refractivity contribution in [1.82, 2.24) is 19.2 Å². The Hall–Kier alpha value is -3.87. The average Bonchev–Trinajstić information content (AvgIpc) is 3.28. The fourth-order valence-electron chi connectivity index (χ4n) is 5.03. The lowest BCUT2D eigenvalue weighted by Crippen LogP contribution is -2.40. The Labute approximate surface area is 210 Å². The number of hydrogen-bond acceptors (Lipinski definition) is 4. The number of fused-ring (bicyclic) bond motifs is 1. The monoisotopic (exact) mass is 484 g/mol. The molecule has 0 aliphatic heterocycles. The van der Waals surface area contributed by atoms with Crippen LogP contribution >= 0.6 is 0 Å². The zero-order chi connectivity index (χ0) is 25.2. The lowest BCUT2D eigenvalue weighted by molar-refractivity contribution is -0.130. The minimum Gasteiger partial charge on any atom is -0.490 e. The Morgan fingerprint density at radius 2 is 1.83 bits per heavy atom. The van der Waals surface area contributed by atoms with Gasteiger partial charge in [0.2, 0.25) is 5.91 Å². The molecular formula is C29H32N4O3. The molecule has 7 nitrogen and oxygen atoms in total. The maximum atomic E-state index is 12.5. The molecule has 0 saturated heterocycles. The number of carbonyl (C=O) groups excluding carboxylic acids is 1. The van der Waals surface area contributed by atoms with Crippen LogP contribution < -0.4 is 10.3 Å². The van der Waals surface area contributed by atoms with Crippen molar-refractivity contribution < 1.29 is 9.53 Å². The molecule has 0 spiro atoms. The quantitative estimate of drug-likeness (QED) is 0.401. The molecule has 1 aliphatic rings. The van der Waals surface area contributed by atoms with Crippen molar-refractivity contribution in [2.24, 2.45) is 7.05 Å². The van der Waals surface area contributed by atoms with Gasteiger partial charge in [-0.25, -0.2) is 0 Å². The highest BCUT2D eigenvalue weighted by molar-refractivity contribution is 5.85. The molecule has 1 fully saturated rings. The summed E-state index contributed by atoms with van der Waals surface area (Å²) in [4.78, 5) is 26.1. The number of carbonyl (C=O) groups is 1. The molecule has 4 aromatic rings. The van der Waals surface area contributed by atoms with E-state index in [1.54, 1.807) is 24.6 Å². The van der Waals surface area contributed by atoms with Gasteiger partial charge in [0.05, 0.1) is 24.4 Å². The number of benzene rings is 2. The lowest BCUT2D eigenvalue weighted by Gasteiger charge is -2.34. The van der Waals surface area contributed by atoms with Crippen molar-refractivity contribution in [2.45, 2.75) is 51.3 Å². The number of amides is 1. The van der Waals surface area contributed by atoms with Gasteiger partial charge >= 0.3 is 0 Å². The van der Waals surface area contributed by atoms with E-state index in [9.17, 15) is 9.59 Å². The maximum absolute atomic E-state index is 12.5. The van der Waals surface area contributed by atoms with Crippen LogP contribution in [0.3, 0.4) is 0 Å². The molecule has 0 atom stereocenters. The van der Waals surface area contributed by atoms with Crippen LogP contribution in [0.4, 0.5) is 0 Å². The summed E-state index contributed by atoms with van der Waals surface area (Å²) < 4.78 is 10.0. The molecule has 2 aromatic carbocycles. The van der Waals surface area contributed by atoms with Crippen LogP contribution in [0.1, 0.15) is 38.2 Å². The smallest absolute Gasteiger partial charge is 0.254 e. The summed E-state index contributed by atoms with van der Waals surface area (Å²) in [5.74, 6) is 0.699. The summed E-state index contributed by atoms with van der Waals surface area (Å²) in [5, 5.41) is 5.67. The lowest BCUT2D eigenvalue weighted by atomic mass is 9.92. The standard InChI is InChI=1S/C29H32N4O3/c1-20(34)32(3)24-11-13-25(14-12-24)36-28-16-29(35)31(2)19-26(28)22-9-10-23-17-30-33(27(23)15-22)18-21-7-5-4-6-8-21/h4-10,15-17,19,24-25H,11-14,18H2,1-3H3/t24-,25-. The number of ether oxygens (including phenoxy) is 1. The van der Waals surface area contributed by atoms with E-state index in [2.05, 4.69) is 35.4 Å². The van der Waals surface area contributed by atoms with Crippen molar-refractivity contribution in [3.05, 3.63) is 82.9 Å². The molecular weight excluding hydrogens is 452 g/mol. The summed E-state index contributed by atoms with van der Waals surface area (Å²) >= 11 is 0. The predicted octanol–water partition coefficient (Wildman–Crippen LogP) is 4.62. The van der Waals surface area contributed by atoms with Gasteiger partial charge in [-0.1, -0.05) is 42.5 Å². The van der Waals surface area contributed by atoms with E-state index in [4.69, 9.17) is 4.74 Å². The summed E-state index contributed by atoms with van der Waals surface area (Å²) in [6, 6.07) is 18.4. The molecule has 1 aliphatic carbocycles. The second kappa shape index (κ2) is 10.0. The van der Waals surface area contributed by atoms with E-state index < -0.39 is 0 Å². The van der Waals surface area contributed by atoms with Crippen LogP contribution in [0.2, 0.25) is 0 Å². The largest absolute Gasteiger partial charge is 0.490 e. The molecule has 0 radical (unpaired) electrons. The summed E-state index contributed by atoms with van der Waals surface area (Å²) in [6.45, 7) is 2.29. The van der Waals surface area contributed by atoms with Gasteiger partial charge < -0.3 is 14.2 Å². The normalized spacial score (nSPS) is 17.8. The topological polar surface area (TPSA) is 69.4 Å². The average molecular weight is 485 g/mol. The van der Waals surface area contributed by atoms with Gasteiger partial charge in [0, 0.05) is 50.3 Å². The van der Waals surface area contributed by atoms with Crippen LogP contribution in [0.5, 0.6) is 5.75 Å². The van der Waals surface area contributed by atoms with E-state index in [-0.39, 0.29) is 23.6 Å². The van der Waals surface area contributed by atoms with Crippen LogP contribution in [0.25, 0.3) is 22.0 Å². The van der Waals surface area contributed by atoms with Gasteiger partial charge in [0.25, 0.3) is 5.56 Å². The van der Waals surface area contributed by atoms with Crippen LogP contribution in [-0.2, 0) is 18.4 Å². The van der Waals surface area contributed by atoms with E-state index in [1.165, 1.54) is 5.56 Å². The molecule has 1 amide bonds. The second-order valence-corrected chi connectivity index (χ2v) is 9.74. The Morgan fingerprint density at radius 1 is 1.08 bits per heavy atom. The molecule has 7 heteroatoms. The molecule has 0 bridgehead atoms. The summed E-state index contributed by atoms with van der Waals surface area (Å²) in [6.07, 6.45) is 7.24. The molecule has 0 N–H and O–H groups in total. The first-order valence-corrected chi connectivity index (χ1v) is 12.5. The molecule has 2 aromatic heterocycles. The molecule has 186 valence electrons. The van der Waals surface area contributed by atoms with Crippen molar-refractivity contribution in [2.75, 3.05) is 7.05 Å². The highest BCUT2D eigenvalue weighted by Gasteiger charge is 2.27. The van der Waals surface area contributed by atoms with Crippen LogP contribution in [-0.4, -0.2) is 44.3 Å². The number of aryl methyl sites for hydroxylation is 1. The molecule has 0 unspecified atom stereocenters. The number of aromatic nitrogens is 3. The van der Waals surface area contributed by atoms with Gasteiger partial charge in [-0.2, -0.15) is 5.10 Å². The summed E-state index contributed by atoms with van der Waals surface area (Å²) in [5.41, 5.74) is 3.98. The first-order valence-electron chi connectivity index (χ1n) is 12.5. The highest BCUT2D eigenvalue weighted by Crippen LogP contribution is 2.34. The summed E-state index contributed by atoms with van der Waals surface area (Å²) in [7, 11) is 3.63. The zero-order valence-corrected chi connectivity index (χ0v) is 21.1. The van der Waals surface area contributed by atoms with Gasteiger partial charge in [-0.05, 0) is 42.9 Å². The van der Waals surface area contributed by atoms with E-state index in [1.807, 2.05) is 47.2 Å². The minimum atomic E-state index is -0.103. The van der Waals surface area contributed by atoms with E-state index >= 15 is 0 Å². The molecule has 5 rings (SSSR count). The Bertz CT molecular complexity index is 1430. The number of hydrogen-bond donors (Lipinski definition) is 0. The zero-order valence-electron chi connectivity index (χ0n) is 21.1. The van der Waals surface area contributed by atoms with Crippen LogP contribution in [0.15, 0.2) is 71.8 Å². The highest BCUT2D eigenvalue weighted by atomic mass is 16.5. The number of nitrogens with zero attached hydrogens (tertiary/aromatic N) is 4. The van der Waals surface area contributed by atoms with Crippen molar-refractivity contribution in [1.29, 1.82) is 0 Å². The third-order valence-electron chi connectivity index (χ3n) is 7.30. The van der Waals surface area contributed by atoms with Crippen molar-refractivity contribution >= 4 is 16.8 Å². The predicted molar refractivity (Wildman–Crippen MR) is 141 cm³/mol. The minimum absolute atomic E-state index is 0.0137. The van der Waals surface area contributed by atoms with Gasteiger partial charge in [0.15, 0.2) is 0 Å². The first kappa shape index (κ1) is 23.9. The third-order valence-corrected chi connectivity index (χ3v) is 7.30. The fraction of sp³-hybridized carbons (Fsp3) is 0.345. The van der Waals surface area contributed by atoms with Crippen molar-refractivity contribution in [3.8, 4) is 16.9 Å². The Balaban J connectivity index is 1.43. The van der Waals surface area contributed by atoms with E-state index in [0.29, 0.717) is 12.3 Å². The maximum Gasteiger partial charge on any atom is 0.254 e. The second-order valence-electron chi connectivity index (χ2n) is 9.74. The van der Waals surface area contributed by atoms with Gasteiger partial charge in [0.1, 0.15) is 5.75 Å². The Kier molecular flexibility index (Phi) is 6.63. The first-order chi connectivity index (χ1) is 17.4.